The maximum absolute atomic E-state index is 13.2. The van der Waals surface area contributed by atoms with Crippen molar-refractivity contribution in [2.45, 2.75) is 57.9 Å². The van der Waals surface area contributed by atoms with Gasteiger partial charge in [-0.3, -0.25) is 9.59 Å². The molecule has 2 saturated carbocycles. The van der Waals surface area contributed by atoms with Crippen molar-refractivity contribution < 1.29 is 4.79 Å². The molecule has 24 heavy (non-hydrogen) atoms. The molecule has 2 aliphatic carbocycles. The van der Waals surface area contributed by atoms with Gasteiger partial charge in [-0.05, 0) is 31.1 Å². The van der Waals surface area contributed by atoms with Crippen LogP contribution in [0.15, 0.2) is 11.1 Å². The van der Waals surface area contributed by atoms with Gasteiger partial charge in [-0.1, -0.05) is 32.1 Å². The quantitative estimate of drug-likeness (QED) is 0.794. The van der Waals surface area contributed by atoms with Crippen molar-refractivity contribution >= 4 is 5.91 Å². The van der Waals surface area contributed by atoms with Crippen molar-refractivity contribution in [2.24, 2.45) is 24.8 Å². The number of aromatic nitrogens is 2. The van der Waals surface area contributed by atoms with Gasteiger partial charge in [0, 0.05) is 25.1 Å². The standard InChI is InChI=1S/C19H27N3O2/c1-21-12-20-17-11-22(10-9-16(17)18(21)23)19(24)15-8-4-6-13-5-2-3-7-14(13)15/h12-15H,2-11H2,1H3/t13-,14-,15+/m0/s1. The van der Waals surface area contributed by atoms with Crippen LogP contribution < -0.4 is 5.56 Å². The third kappa shape index (κ3) is 2.68. The van der Waals surface area contributed by atoms with Crippen molar-refractivity contribution in [3.8, 4) is 0 Å². The fourth-order valence-corrected chi connectivity index (χ4v) is 5.18. The van der Waals surface area contributed by atoms with Crippen LogP contribution in [0.1, 0.15) is 56.2 Å². The van der Waals surface area contributed by atoms with E-state index in [1.807, 2.05) is 4.90 Å². The number of aryl methyl sites for hydroxylation is 1. The van der Waals surface area contributed by atoms with Gasteiger partial charge in [0.05, 0.1) is 18.6 Å². The Morgan fingerprint density at radius 2 is 1.96 bits per heavy atom. The largest absolute Gasteiger partial charge is 0.336 e. The van der Waals surface area contributed by atoms with Crippen LogP contribution in [0, 0.1) is 17.8 Å². The average Bonchev–Trinajstić information content (AvgIpc) is 2.63. The van der Waals surface area contributed by atoms with Crippen LogP contribution >= 0.6 is 0 Å². The lowest BCUT2D eigenvalue weighted by Gasteiger charge is -2.42. The molecule has 5 nitrogen and oxygen atoms in total. The van der Waals surface area contributed by atoms with Crippen LogP contribution in [-0.4, -0.2) is 26.9 Å². The monoisotopic (exact) mass is 329 g/mol. The molecule has 1 amide bonds. The Morgan fingerprint density at radius 3 is 2.83 bits per heavy atom. The highest BCUT2D eigenvalue weighted by atomic mass is 16.2. The molecule has 0 unspecified atom stereocenters. The summed E-state index contributed by atoms with van der Waals surface area (Å²) in [6, 6.07) is 0. The molecule has 2 heterocycles. The molecule has 3 atom stereocenters. The molecule has 3 aliphatic rings. The lowest BCUT2D eigenvalue weighted by Crippen LogP contribution is -2.46. The van der Waals surface area contributed by atoms with Crippen molar-refractivity contribution in [1.29, 1.82) is 0 Å². The molecule has 0 spiro atoms. The zero-order valence-corrected chi connectivity index (χ0v) is 14.5. The first-order chi connectivity index (χ1) is 11.6. The minimum atomic E-state index is 0.0390. The molecule has 1 aromatic rings. The number of carbonyl (C=O) groups is 1. The topological polar surface area (TPSA) is 55.2 Å². The highest BCUT2D eigenvalue weighted by Gasteiger charge is 2.40. The van der Waals surface area contributed by atoms with E-state index in [1.54, 1.807) is 13.4 Å². The fourth-order valence-electron chi connectivity index (χ4n) is 5.18. The Bertz CT molecular complexity index is 694. The zero-order valence-electron chi connectivity index (χ0n) is 14.5. The van der Waals surface area contributed by atoms with Gasteiger partial charge >= 0.3 is 0 Å². The van der Waals surface area contributed by atoms with E-state index in [9.17, 15) is 9.59 Å². The first-order valence-electron chi connectivity index (χ1n) is 9.47. The van der Waals surface area contributed by atoms with Gasteiger partial charge < -0.3 is 9.47 Å². The van der Waals surface area contributed by atoms with Crippen LogP contribution in [0.25, 0.3) is 0 Å². The lowest BCUT2D eigenvalue weighted by atomic mass is 9.65. The predicted octanol–water partition coefficient (Wildman–Crippen LogP) is 2.27. The second kappa shape index (κ2) is 6.34. The summed E-state index contributed by atoms with van der Waals surface area (Å²) in [4.78, 5) is 31.8. The second-order valence-electron chi connectivity index (χ2n) is 7.84. The SMILES string of the molecule is Cn1cnc2c(c1=O)CCN(C(=O)[C@@H]1CCC[C@@H]3CCCC[C@@H]31)C2. The van der Waals surface area contributed by atoms with Gasteiger partial charge in [0.15, 0.2) is 0 Å². The summed E-state index contributed by atoms with van der Waals surface area (Å²) >= 11 is 0. The number of hydrogen-bond acceptors (Lipinski definition) is 3. The van der Waals surface area contributed by atoms with Gasteiger partial charge in [-0.25, -0.2) is 4.98 Å². The van der Waals surface area contributed by atoms with Crippen LogP contribution in [0.4, 0.5) is 0 Å². The predicted molar refractivity (Wildman–Crippen MR) is 91.4 cm³/mol. The molecular weight excluding hydrogens is 302 g/mol. The summed E-state index contributed by atoms with van der Waals surface area (Å²) in [5.41, 5.74) is 1.63. The summed E-state index contributed by atoms with van der Waals surface area (Å²) in [5.74, 6) is 1.89. The number of amides is 1. The van der Waals surface area contributed by atoms with Crippen molar-refractivity contribution in [2.75, 3.05) is 6.54 Å². The van der Waals surface area contributed by atoms with E-state index in [0.717, 1.165) is 23.6 Å². The molecule has 1 aromatic heterocycles. The van der Waals surface area contributed by atoms with Gasteiger partial charge in [0.2, 0.25) is 5.91 Å². The molecule has 0 bridgehead atoms. The van der Waals surface area contributed by atoms with E-state index in [-0.39, 0.29) is 11.5 Å². The zero-order chi connectivity index (χ0) is 16.7. The van der Waals surface area contributed by atoms with Crippen molar-refractivity contribution in [3.05, 3.63) is 27.9 Å². The summed E-state index contributed by atoms with van der Waals surface area (Å²) in [6.45, 7) is 1.18. The van der Waals surface area contributed by atoms with Crippen LogP contribution in [-0.2, 0) is 24.8 Å². The maximum atomic E-state index is 13.2. The van der Waals surface area contributed by atoms with Crippen molar-refractivity contribution in [1.82, 2.24) is 14.5 Å². The molecular formula is C19H27N3O2. The van der Waals surface area contributed by atoms with Crippen LogP contribution in [0.5, 0.6) is 0 Å². The average molecular weight is 329 g/mol. The fraction of sp³-hybridized carbons (Fsp3) is 0.737. The number of hydrogen-bond donors (Lipinski definition) is 0. The Morgan fingerprint density at radius 1 is 1.17 bits per heavy atom. The number of fused-ring (bicyclic) bond motifs is 2. The molecule has 1 aliphatic heterocycles. The molecule has 130 valence electrons. The van der Waals surface area contributed by atoms with Crippen LogP contribution in [0.2, 0.25) is 0 Å². The van der Waals surface area contributed by atoms with Crippen LogP contribution in [0.3, 0.4) is 0 Å². The molecule has 5 heteroatoms. The molecule has 0 radical (unpaired) electrons. The summed E-state index contributed by atoms with van der Waals surface area (Å²) in [5, 5.41) is 0. The van der Waals surface area contributed by atoms with E-state index in [4.69, 9.17) is 0 Å². The minimum Gasteiger partial charge on any atom is -0.336 e. The Hall–Kier alpha value is -1.65. The molecule has 4 rings (SSSR count). The van der Waals surface area contributed by atoms with E-state index in [0.29, 0.717) is 31.3 Å². The van der Waals surface area contributed by atoms with Gasteiger partial charge in [-0.15, -0.1) is 0 Å². The first kappa shape index (κ1) is 15.9. The molecule has 2 fully saturated rings. The third-order valence-electron chi connectivity index (χ3n) is 6.49. The number of carbonyl (C=O) groups excluding carboxylic acids is 1. The van der Waals surface area contributed by atoms with E-state index in [2.05, 4.69) is 4.98 Å². The number of nitrogens with zero attached hydrogens (tertiary/aromatic N) is 3. The molecule has 0 saturated heterocycles. The summed E-state index contributed by atoms with van der Waals surface area (Å²) in [7, 11) is 1.73. The third-order valence-corrected chi connectivity index (χ3v) is 6.49. The smallest absolute Gasteiger partial charge is 0.256 e. The second-order valence-corrected chi connectivity index (χ2v) is 7.84. The van der Waals surface area contributed by atoms with E-state index in [1.165, 1.54) is 43.1 Å². The highest BCUT2D eigenvalue weighted by molar-refractivity contribution is 5.79. The summed E-state index contributed by atoms with van der Waals surface area (Å²) < 4.78 is 1.53. The lowest BCUT2D eigenvalue weighted by molar-refractivity contribution is -0.141. The number of rotatable bonds is 1. The Labute approximate surface area is 143 Å². The Kier molecular flexibility index (Phi) is 4.19. The van der Waals surface area contributed by atoms with Gasteiger partial charge in [0.1, 0.15) is 0 Å². The van der Waals surface area contributed by atoms with Gasteiger partial charge in [-0.2, -0.15) is 0 Å². The molecule has 0 aromatic carbocycles. The van der Waals surface area contributed by atoms with E-state index >= 15 is 0 Å². The summed E-state index contributed by atoms with van der Waals surface area (Å²) in [6.07, 6.45) is 10.9. The Balaban J connectivity index is 1.53. The van der Waals surface area contributed by atoms with Gasteiger partial charge in [0.25, 0.3) is 5.56 Å². The minimum absolute atomic E-state index is 0.0390. The van der Waals surface area contributed by atoms with E-state index < -0.39 is 0 Å². The first-order valence-corrected chi connectivity index (χ1v) is 9.47. The highest BCUT2D eigenvalue weighted by Crippen LogP contribution is 2.44. The van der Waals surface area contributed by atoms with Crippen molar-refractivity contribution in [3.63, 3.8) is 0 Å². The normalized spacial score (nSPS) is 29.7. The molecule has 0 N–H and O–H groups in total. The maximum Gasteiger partial charge on any atom is 0.256 e.